The van der Waals surface area contributed by atoms with Crippen LogP contribution in [0.3, 0.4) is 0 Å². The molecule has 0 unspecified atom stereocenters. The predicted octanol–water partition coefficient (Wildman–Crippen LogP) is 9.61. The number of alkyl halides is 1. The highest BCUT2D eigenvalue weighted by molar-refractivity contribution is 5.39. The summed E-state index contributed by atoms with van der Waals surface area (Å²) in [5, 5.41) is 0. The first-order chi connectivity index (χ1) is 18.4. The molecule has 2 nitrogen and oxygen atoms in total. The van der Waals surface area contributed by atoms with Gasteiger partial charge in [0.25, 0.3) is 0 Å². The van der Waals surface area contributed by atoms with Crippen molar-refractivity contribution in [2.24, 2.45) is 11.8 Å². The van der Waals surface area contributed by atoms with E-state index in [0.29, 0.717) is 5.92 Å². The third-order valence-electron chi connectivity index (χ3n) is 7.70. The summed E-state index contributed by atoms with van der Waals surface area (Å²) in [6.45, 7) is 25.8. The number of allylic oxidation sites excluding steroid dienone is 2. The maximum Gasteiger partial charge on any atom is 0.102 e. The lowest BCUT2D eigenvalue weighted by Crippen LogP contribution is -2.23. The Morgan fingerprint density at radius 1 is 1.10 bits per heavy atom. The van der Waals surface area contributed by atoms with Crippen LogP contribution in [0.25, 0.3) is 0 Å². The third kappa shape index (κ3) is 13.4. The van der Waals surface area contributed by atoms with Gasteiger partial charge in [0.2, 0.25) is 0 Å². The fourth-order valence-electron chi connectivity index (χ4n) is 5.77. The molecular weight excluding hydrogens is 479 g/mol. The quantitative estimate of drug-likeness (QED) is 0.319. The maximum atomic E-state index is 11.7. The van der Waals surface area contributed by atoms with Crippen molar-refractivity contribution in [2.45, 2.75) is 119 Å². The topological polar surface area (TPSA) is 6.48 Å². The van der Waals surface area contributed by atoms with E-state index < -0.39 is 5.67 Å². The highest BCUT2D eigenvalue weighted by Gasteiger charge is 2.19. The van der Waals surface area contributed by atoms with Gasteiger partial charge in [0.1, 0.15) is 5.67 Å². The molecule has 0 spiro atoms. The summed E-state index contributed by atoms with van der Waals surface area (Å²) >= 11 is 0. The molecule has 1 aliphatic heterocycles. The predicted molar refractivity (Wildman–Crippen MR) is 170 cm³/mol. The summed E-state index contributed by atoms with van der Waals surface area (Å²) in [5.41, 5.74) is 8.35. The lowest BCUT2D eigenvalue weighted by molar-refractivity contribution is 0.246. The minimum atomic E-state index is -1.00. The van der Waals surface area contributed by atoms with Gasteiger partial charge in [-0.15, -0.1) is 0 Å². The smallest absolute Gasteiger partial charge is 0.102 e. The highest BCUT2D eigenvalue weighted by Crippen LogP contribution is 2.26. The van der Waals surface area contributed by atoms with Crippen molar-refractivity contribution in [1.29, 1.82) is 0 Å². The summed E-state index contributed by atoms with van der Waals surface area (Å²) in [6, 6.07) is 4.84. The van der Waals surface area contributed by atoms with E-state index in [1.165, 1.54) is 103 Å². The Kier molecular flexibility index (Phi) is 14.0. The van der Waals surface area contributed by atoms with Gasteiger partial charge in [-0.2, -0.15) is 0 Å². The zero-order valence-electron chi connectivity index (χ0n) is 26.7. The van der Waals surface area contributed by atoms with Gasteiger partial charge >= 0.3 is 0 Å². The fourth-order valence-corrected chi connectivity index (χ4v) is 5.77. The zero-order valence-corrected chi connectivity index (χ0v) is 26.7. The van der Waals surface area contributed by atoms with Gasteiger partial charge in [-0.05, 0) is 132 Å². The number of fused-ring (bicyclic) bond motifs is 1. The van der Waals surface area contributed by atoms with Crippen LogP contribution in [0.15, 0.2) is 48.2 Å². The van der Waals surface area contributed by atoms with Crippen LogP contribution in [0, 0.1) is 18.8 Å². The molecule has 1 atom stereocenters. The van der Waals surface area contributed by atoms with E-state index in [1.807, 2.05) is 6.20 Å². The molecule has 0 radical (unpaired) electrons. The molecule has 2 aliphatic carbocycles. The van der Waals surface area contributed by atoms with Gasteiger partial charge in [0.05, 0.1) is 0 Å². The Hall–Kier alpha value is -1.87. The van der Waals surface area contributed by atoms with Crippen LogP contribution in [0.2, 0.25) is 0 Å². The van der Waals surface area contributed by atoms with Crippen molar-refractivity contribution in [3.05, 3.63) is 70.5 Å². The van der Waals surface area contributed by atoms with E-state index in [1.54, 1.807) is 22.3 Å². The van der Waals surface area contributed by atoms with E-state index in [4.69, 9.17) is 0 Å². The maximum absolute atomic E-state index is 11.7. The van der Waals surface area contributed by atoms with E-state index in [0.717, 1.165) is 19.0 Å². The number of likely N-dealkylation sites (tertiary alicyclic amines) is 1. The monoisotopic (exact) mass is 538 g/mol. The number of hydrogen-bond donors (Lipinski definition) is 0. The zero-order chi connectivity index (χ0) is 29.0. The molecule has 0 aromatic heterocycles. The van der Waals surface area contributed by atoms with Crippen LogP contribution in [-0.4, -0.2) is 41.6 Å². The van der Waals surface area contributed by atoms with Crippen molar-refractivity contribution in [3.63, 3.8) is 0 Å². The number of halogens is 1. The molecule has 0 bridgehead atoms. The second-order valence-electron chi connectivity index (χ2n) is 13.6. The molecule has 1 fully saturated rings. The first-order valence-corrected chi connectivity index (χ1v) is 15.6. The van der Waals surface area contributed by atoms with Gasteiger partial charge in [-0.25, -0.2) is 4.39 Å². The summed E-state index contributed by atoms with van der Waals surface area (Å²) in [6.07, 6.45) is 17.2. The molecule has 1 saturated heterocycles. The minimum Gasteiger partial charge on any atom is -0.373 e. The second-order valence-corrected chi connectivity index (χ2v) is 13.6. The van der Waals surface area contributed by atoms with Crippen LogP contribution < -0.4 is 0 Å². The van der Waals surface area contributed by atoms with Gasteiger partial charge in [-0.3, -0.25) is 4.90 Å². The van der Waals surface area contributed by atoms with Gasteiger partial charge in [0, 0.05) is 26.2 Å². The molecule has 220 valence electrons. The normalized spacial score (nSPS) is 19.5. The summed E-state index contributed by atoms with van der Waals surface area (Å²) in [5.74, 6) is 1.58. The van der Waals surface area contributed by atoms with E-state index in [9.17, 15) is 4.39 Å². The van der Waals surface area contributed by atoms with Gasteiger partial charge in [-0.1, -0.05) is 63.6 Å². The van der Waals surface area contributed by atoms with E-state index in [-0.39, 0.29) is 0 Å². The Bertz CT molecular complexity index is 944. The summed E-state index contributed by atoms with van der Waals surface area (Å²) in [4.78, 5) is 4.93. The lowest BCUT2D eigenvalue weighted by atomic mass is 9.95. The van der Waals surface area contributed by atoms with Crippen molar-refractivity contribution in [3.8, 4) is 0 Å². The lowest BCUT2D eigenvalue weighted by Gasteiger charge is -2.23. The Morgan fingerprint density at radius 2 is 1.79 bits per heavy atom. The molecule has 0 saturated carbocycles. The SMILES string of the molecule is C=CN(Cc1cc(C)c2c(c1)CCCCC2)CC(C)C.CC(C)(C)F.CC1=C(CN2CC[C@@H](C)C2)C=CCC1. The summed E-state index contributed by atoms with van der Waals surface area (Å²) < 4.78 is 11.7. The summed E-state index contributed by atoms with van der Waals surface area (Å²) in [7, 11) is 0. The number of aryl methyl sites for hydroxylation is 2. The van der Waals surface area contributed by atoms with Crippen LogP contribution in [0.4, 0.5) is 4.39 Å². The number of benzene rings is 1. The first kappa shape index (κ1) is 33.3. The average molecular weight is 539 g/mol. The number of rotatable bonds is 7. The second kappa shape index (κ2) is 16.4. The fraction of sp³-hybridized carbons (Fsp3) is 0.667. The largest absolute Gasteiger partial charge is 0.373 e. The molecule has 0 amide bonds. The molecule has 3 heteroatoms. The third-order valence-corrected chi connectivity index (χ3v) is 7.70. The van der Waals surface area contributed by atoms with Crippen LogP contribution >= 0.6 is 0 Å². The Balaban J connectivity index is 0.000000243. The molecule has 39 heavy (non-hydrogen) atoms. The molecule has 1 aromatic rings. The number of nitrogens with zero attached hydrogens (tertiary/aromatic N) is 2. The minimum absolute atomic E-state index is 0.676. The van der Waals surface area contributed by atoms with Crippen LogP contribution in [-0.2, 0) is 19.4 Å². The van der Waals surface area contributed by atoms with E-state index >= 15 is 0 Å². The molecule has 1 heterocycles. The molecule has 0 N–H and O–H groups in total. The van der Waals surface area contributed by atoms with E-state index in [2.05, 4.69) is 75.3 Å². The molecule has 3 aliphatic rings. The van der Waals surface area contributed by atoms with Crippen molar-refractivity contribution in [2.75, 3.05) is 26.2 Å². The van der Waals surface area contributed by atoms with Crippen LogP contribution in [0.1, 0.15) is 109 Å². The highest BCUT2D eigenvalue weighted by atomic mass is 19.1. The van der Waals surface area contributed by atoms with Crippen LogP contribution in [0.5, 0.6) is 0 Å². The first-order valence-electron chi connectivity index (χ1n) is 15.6. The molecule has 4 rings (SSSR count). The van der Waals surface area contributed by atoms with Crippen molar-refractivity contribution < 1.29 is 4.39 Å². The van der Waals surface area contributed by atoms with Gasteiger partial charge in [0.15, 0.2) is 0 Å². The standard InChI is InChI=1S/C19H29N.C13H21N.C4H9F/c1-5-20(13-15(2)3)14-17-11-16(4)19-10-8-6-7-9-18(19)12-17;1-11-7-8-14(9-11)10-13-6-4-3-5-12(13)2;1-4(2,3)5/h5,11-12,15H,1,6-10,13-14H2,2-4H3;4,6,11H,3,5,7-10H2,1-2H3;1-3H3/t;11-;/m.1./s1. The average Bonchev–Trinajstić information content (AvgIpc) is 3.09. The van der Waals surface area contributed by atoms with Gasteiger partial charge < -0.3 is 4.90 Å². The van der Waals surface area contributed by atoms with Crippen molar-refractivity contribution in [1.82, 2.24) is 9.80 Å². The number of hydrogen-bond acceptors (Lipinski definition) is 2. The molecule has 1 aromatic carbocycles. The van der Waals surface area contributed by atoms with Crippen molar-refractivity contribution >= 4 is 0 Å². The Morgan fingerprint density at radius 3 is 2.38 bits per heavy atom. The molecular formula is C36H59FN2. The Labute approximate surface area is 241 Å².